The number of carbonyl (C=O) groups is 3. The minimum absolute atomic E-state index is 0.0442. The number of nitrogens with zero attached hydrogens (tertiary/aromatic N) is 2. The molecule has 2 aromatic rings. The molecule has 0 fully saturated rings. The van der Waals surface area contributed by atoms with Crippen molar-refractivity contribution in [3.05, 3.63) is 16.0 Å². The van der Waals surface area contributed by atoms with Crippen molar-refractivity contribution in [2.75, 3.05) is 30.0 Å². The third-order valence-electron chi connectivity index (χ3n) is 3.09. The Bertz CT molecular complexity index is 849. The van der Waals surface area contributed by atoms with Crippen LogP contribution in [0, 0.1) is 6.92 Å². The predicted octanol–water partition coefficient (Wildman–Crippen LogP) is 2.57. The van der Waals surface area contributed by atoms with Crippen LogP contribution in [-0.2, 0) is 14.3 Å². The number of nitrogens with one attached hydrogen (secondary N) is 1. The van der Waals surface area contributed by atoms with Crippen molar-refractivity contribution in [1.82, 2.24) is 10.2 Å². The molecule has 0 spiro atoms. The molecule has 0 atom stereocenters. The fraction of sp³-hybridized carbons (Fsp3) is 0.400. The van der Waals surface area contributed by atoms with E-state index in [1.807, 2.05) is 0 Å². The van der Waals surface area contributed by atoms with Crippen LogP contribution >= 0.6 is 34.4 Å². The lowest BCUT2D eigenvalue weighted by Crippen LogP contribution is -2.16. The van der Waals surface area contributed by atoms with Gasteiger partial charge in [-0.2, -0.15) is 0 Å². The molecule has 0 aliphatic heterocycles. The monoisotopic (exact) mass is 430 g/mol. The molecule has 0 aliphatic rings. The number of anilines is 2. The maximum Gasteiger partial charge on any atom is 0.348 e. The summed E-state index contributed by atoms with van der Waals surface area (Å²) in [5.74, 6) is -1.48. The number of esters is 2. The largest absolute Gasteiger partial charge is 0.462 e. The number of hydrogen-bond acceptors (Lipinski definition) is 11. The van der Waals surface area contributed by atoms with Crippen molar-refractivity contribution in [3.63, 3.8) is 0 Å². The Morgan fingerprint density at radius 3 is 2.37 bits per heavy atom. The van der Waals surface area contributed by atoms with Crippen LogP contribution in [-0.4, -0.2) is 47.0 Å². The summed E-state index contributed by atoms with van der Waals surface area (Å²) >= 11 is 3.32. The number of amides is 1. The van der Waals surface area contributed by atoms with Crippen LogP contribution in [0.15, 0.2) is 4.34 Å². The molecule has 3 N–H and O–H groups in total. The second-order valence-corrected chi connectivity index (χ2v) is 8.20. The van der Waals surface area contributed by atoms with Gasteiger partial charge in [0.1, 0.15) is 9.88 Å². The van der Waals surface area contributed by atoms with Crippen LogP contribution in [0.4, 0.5) is 10.1 Å². The first-order valence-electron chi connectivity index (χ1n) is 7.86. The fourth-order valence-corrected chi connectivity index (χ4v) is 4.55. The molecular formula is C15H18N4O5S3. The Morgan fingerprint density at radius 1 is 1.11 bits per heavy atom. The van der Waals surface area contributed by atoms with Crippen molar-refractivity contribution >= 4 is 62.4 Å². The molecule has 146 valence electrons. The van der Waals surface area contributed by atoms with E-state index in [-0.39, 0.29) is 40.3 Å². The zero-order valence-electron chi connectivity index (χ0n) is 14.9. The minimum atomic E-state index is -0.610. The Morgan fingerprint density at radius 2 is 1.78 bits per heavy atom. The van der Waals surface area contributed by atoms with Crippen LogP contribution in [0.3, 0.4) is 0 Å². The summed E-state index contributed by atoms with van der Waals surface area (Å²) in [5.41, 5.74) is 6.07. The van der Waals surface area contributed by atoms with Gasteiger partial charge in [-0.3, -0.25) is 4.79 Å². The van der Waals surface area contributed by atoms with Crippen LogP contribution in [0.1, 0.15) is 39.4 Å². The van der Waals surface area contributed by atoms with Gasteiger partial charge < -0.3 is 20.5 Å². The highest BCUT2D eigenvalue weighted by atomic mass is 32.2. The second kappa shape index (κ2) is 9.67. The highest BCUT2D eigenvalue weighted by Gasteiger charge is 2.27. The number of thioether (sulfide) groups is 1. The molecule has 0 unspecified atom stereocenters. The van der Waals surface area contributed by atoms with Crippen LogP contribution < -0.4 is 11.1 Å². The van der Waals surface area contributed by atoms with Crippen molar-refractivity contribution in [1.29, 1.82) is 0 Å². The SMILES string of the molecule is CCOC(=O)c1sc(NC(=O)CSc2nnc(N)s2)c(C(=O)OCC)c1C. The molecule has 2 rings (SSSR count). The zero-order chi connectivity index (χ0) is 20.0. The number of ether oxygens (including phenoxy) is 2. The number of thiophene rings is 1. The third-order valence-corrected chi connectivity index (χ3v) is 6.16. The predicted molar refractivity (Wildman–Crippen MR) is 105 cm³/mol. The van der Waals surface area contributed by atoms with Gasteiger partial charge in [-0.25, -0.2) is 9.59 Å². The maximum atomic E-state index is 12.3. The average molecular weight is 431 g/mol. The van der Waals surface area contributed by atoms with Gasteiger partial charge in [-0.15, -0.1) is 21.5 Å². The van der Waals surface area contributed by atoms with Gasteiger partial charge in [0.15, 0.2) is 4.34 Å². The Kier molecular flexibility index (Phi) is 7.56. The smallest absolute Gasteiger partial charge is 0.348 e. The Hall–Kier alpha value is -2.18. The quantitative estimate of drug-likeness (QED) is 0.478. The molecule has 0 saturated heterocycles. The van der Waals surface area contributed by atoms with E-state index in [4.69, 9.17) is 15.2 Å². The summed E-state index contributed by atoms with van der Waals surface area (Å²) < 4.78 is 10.6. The van der Waals surface area contributed by atoms with E-state index >= 15 is 0 Å². The first-order chi connectivity index (χ1) is 12.9. The topological polar surface area (TPSA) is 133 Å². The Labute approximate surface area is 167 Å². The van der Waals surface area contributed by atoms with Crippen LogP contribution in [0.2, 0.25) is 0 Å². The van der Waals surface area contributed by atoms with Crippen LogP contribution in [0.25, 0.3) is 0 Å². The van der Waals surface area contributed by atoms with Crippen molar-refractivity contribution in [2.45, 2.75) is 25.1 Å². The standard InChI is InChI=1S/C15H18N4O5S3/c1-4-23-12(21)9-7(3)10(13(22)24-5-2)26-11(9)17-8(20)6-25-15-19-18-14(16)27-15/h4-6H2,1-3H3,(H2,16,18)(H,17,20). The van der Waals surface area contributed by atoms with Gasteiger partial charge in [0, 0.05) is 0 Å². The molecule has 0 bridgehead atoms. The van der Waals surface area contributed by atoms with E-state index in [1.165, 1.54) is 23.1 Å². The van der Waals surface area contributed by atoms with E-state index in [0.29, 0.717) is 15.0 Å². The number of nitrogens with two attached hydrogens (primary N) is 1. The maximum absolute atomic E-state index is 12.3. The molecule has 9 nitrogen and oxygen atoms in total. The van der Waals surface area contributed by atoms with Gasteiger partial charge in [0.2, 0.25) is 11.0 Å². The molecule has 0 radical (unpaired) electrons. The lowest BCUT2D eigenvalue weighted by Gasteiger charge is -2.06. The van der Waals surface area contributed by atoms with E-state index in [2.05, 4.69) is 15.5 Å². The zero-order valence-corrected chi connectivity index (χ0v) is 17.3. The van der Waals surface area contributed by atoms with Gasteiger partial charge in [-0.1, -0.05) is 23.1 Å². The normalized spacial score (nSPS) is 10.5. The van der Waals surface area contributed by atoms with E-state index in [0.717, 1.165) is 11.3 Å². The first kappa shape index (κ1) is 21.1. The highest BCUT2D eigenvalue weighted by molar-refractivity contribution is 8.01. The lowest BCUT2D eigenvalue weighted by atomic mass is 10.1. The number of rotatable bonds is 8. The van der Waals surface area contributed by atoms with E-state index < -0.39 is 11.9 Å². The molecule has 0 aromatic carbocycles. The summed E-state index contributed by atoms with van der Waals surface area (Å²) in [7, 11) is 0. The third kappa shape index (κ3) is 5.40. The number of nitrogen functional groups attached to an aromatic ring is 1. The summed E-state index contributed by atoms with van der Waals surface area (Å²) in [6.07, 6.45) is 0. The molecule has 2 heterocycles. The van der Waals surface area contributed by atoms with Crippen molar-refractivity contribution < 1.29 is 23.9 Å². The number of carbonyl (C=O) groups excluding carboxylic acids is 3. The van der Waals surface area contributed by atoms with Gasteiger partial charge in [-0.05, 0) is 26.3 Å². The molecule has 0 saturated carbocycles. The number of aromatic nitrogens is 2. The molecule has 2 aromatic heterocycles. The van der Waals surface area contributed by atoms with E-state index in [9.17, 15) is 14.4 Å². The molecular weight excluding hydrogens is 412 g/mol. The summed E-state index contributed by atoms with van der Waals surface area (Å²) in [5, 5.41) is 10.7. The molecule has 12 heteroatoms. The van der Waals surface area contributed by atoms with Crippen LogP contribution in [0.5, 0.6) is 0 Å². The first-order valence-corrected chi connectivity index (χ1v) is 10.5. The lowest BCUT2D eigenvalue weighted by molar-refractivity contribution is -0.113. The van der Waals surface area contributed by atoms with E-state index in [1.54, 1.807) is 20.8 Å². The van der Waals surface area contributed by atoms with Gasteiger partial charge in [0.25, 0.3) is 0 Å². The number of hydrogen-bond donors (Lipinski definition) is 2. The molecule has 27 heavy (non-hydrogen) atoms. The van der Waals surface area contributed by atoms with Crippen molar-refractivity contribution in [3.8, 4) is 0 Å². The molecule has 0 aliphatic carbocycles. The average Bonchev–Trinajstić information content (AvgIpc) is 3.16. The van der Waals surface area contributed by atoms with Gasteiger partial charge >= 0.3 is 11.9 Å². The Balaban J connectivity index is 2.19. The summed E-state index contributed by atoms with van der Waals surface area (Å²) in [6.45, 7) is 5.35. The fourth-order valence-electron chi connectivity index (χ4n) is 2.01. The summed E-state index contributed by atoms with van der Waals surface area (Å²) in [6, 6.07) is 0. The minimum Gasteiger partial charge on any atom is -0.462 e. The highest BCUT2D eigenvalue weighted by Crippen LogP contribution is 2.34. The summed E-state index contributed by atoms with van der Waals surface area (Å²) in [4.78, 5) is 36.9. The van der Waals surface area contributed by atoms with Crippen molar-refractivity contribution in [2.24, 2.45) is 0 Å². The second-order valence-electron chi connectivity index (χ2n) is 4.94. The van der Waals surface area contributed by atoms with Gasteiger partial charge in [0.05, 0.1) is 24.5 Å². The molecule has 1 amide bonds.